The zero-order valence-electron chi connectivity index (χ0n) is 8.94. The molecule has 1 aliphatic rings. The van der Waals surface area contributed by atoms with Crippen molar-refractivity contribution >= 4 is 5.97 Å². The van der Waals surface area contributed by atoms with Crippen molar-refractivity contribution in [2.45, 2.75) is 39.7 Å². The molecule has 1 saturated heterocycles. The maximum Gasteiger partial charge on any atom is 0.315 e. The van der Waals surface area contributed by atoms with Crippen LogP contribution in [0.3, 0.4) is 0 Å². The Hall–Kier alpha value is -0.570. The minimum absolute atomic E-state index is 0.0544. The predicted octanol–water partition coefficient (Wildman–Crippen LogP) is 1.33. The largest absolute Gasteiger partial charge is 0.459 e. The summed E-state index contributed by atoms with van der Waals surface area (Å²) in [6, 6.07) is 0. The van der Waals surface area contributed by atoms with Gasteiger partial charge in [-0.15, -0.1) is 0 Å². The summed E-state index contributed by atoms with van der Waals surface area (Å²) in [5.41, 5.74) is -0.609. The summed E-state index contributed by atoms with van der Waals surface area (Å²) in [6.45, 7) is 9.27. The van der Waals surface area contributed by atoms with Crippen molar-refractivity contribution in [1.82, 2.24) is 5.32 Å². The number of carbonyl (C=O) groups excluding carboxylic acids is 1. The number of hydrogen-bond donors (Lipinski definition) is 1. The molecule has 0 aliphatic carbocycles. The van der Waals surface area contributed by atoms with Gasteiger partial charge in [0.05, 0.1) is 5.41 Å². The maximum absolute atomic E-state index is 11.7. The minimum Gasteiger partial charge on any atom is -0.459 e. The van der Waals surface area contributed by atoms with E-state index in [-0.39, 0.29) is 17.0 Å². The minimum atomic E-state index is -0.366. The summed E-state index contributed by atoms with van der Waals surface area (Å²) >= 11 is 0. The summed E-state index contributed by atoms with van der Waals surface area (Å²) < 4.78 is 5.36. The van der Waals surface area contributed by atoms with Crippen molar-refractivity contribution in [3.8, 4) is 0 Å². The molecule has 0 spiro atoms. The molecule has 0 bridgehead atoms. The third-order valence-corrected chi connectivity index (χ3v) is 2.44. The zero-order valence-corrected chi connectivity index (χ0v) is 8.94. The van der Waals surface area contributed by atoms with E-state index in [0.29, 0.717) is 0 Å². The maximum atomic E-state index is 11.7. The number of rotatable bonds is 2. The van der Waals surface area contributed by atoms with E-state index in [1.165, 1.54) is 0 Å². The first kappa shape index (κ1) is 10.5. The van der Waals surface area contributed by atoms with E-state index >= 15 is 0 Å². The average Bonchev–Trinajstić information content (AvgIpc) is 1.80. The van der Waals surface area contributed by atoms with Gasteiger partial charge in [0.25, 0.3) is 0 Å². The van der Waals surface area contributed by atoms with E-state index in [2.05, 4.69) is 5.32 Å². The van der Waals surface area contributed by atoms with Crippen molar-refractivity contribution in [3.05, 3.63) is 0 Å². The standard InChI is InChI=1S/C10H19NO2/c1-5-10(6-11-7-10)8(12)13-9(2,3)4/h11H,5-7H2,1-4H3. The number of carbonyl (C=O) groups is 1. The second kappa shape index (κ2) is 3.29. The average molecular weight is 185 g/mol. The van der Waals surface area contributed by atoms with E-state index in [0.717, 1.165) is 19.5 Å². The Bertz CT molecular complexity index is 196. The molecule has 1 aliphatic heterocycles. The molecule has 0 amide bonds. The molecular formula is C10H19NO2. The Kier molecular flexibility index (Phi) is 2.66. The van der Waals surface area contributed by atoms with E-state index in [1.54, 1.807) is 0 Å². The summed E-state index contributed by atoms with van der Waals surface area (Å²) in [7, 11) is 0. The van der Waals surface area contributed by atoms with Crippen molar-refractivity contribution in [2.75, 3.05) is 13.1 Å². The van der Waals surface area contributed by atoms with Gasteiger partial charge in [0.2, 0.25) is 0 Å². The van der Waals surface area contributed by atoms with Crippen LogP contribution in [0, 0.1) is 5.41 Å². The molecule has 13 heavy (non-hydrogen) atoms. The van der Waals surface area contributed by atoms with E-state index in [9.17, 15) is 4.79 Å². The molecule has 0 unspecified atom stereocenters. The van der Waals surface area contributed by atoms with Crippen LogP contribution in [0.25, 0.3) is 0 Å². The Balaban J connectivity index is 2.56. The lowest BCUT2D eigenvalue weighted by Gasteiger charge is -2.41. The van der Waals surface area contributed by atoms with Gasteiger partial charge in [0.1, 0.15) is 5.60 Å². The van der Waals surface area contributed by atoms with Crippen LogP contribution in [-0.4, -0.2) is 24.7 Å². The Morgan fingerprint density at radius 1 is 1.46 bits per heavy atom. The Morgan fingerprint density at radius 2 is 2.00 bits per heavy atom. The molecule has 1 fully saturated rings. The number of esters is 1. The molecule has 0 aromatic heterocycles. The highest BCUT2D eigenvalue weighted by molar-refractivity contribution is 5.79. The number of hydrogen-bond acceptors (Lipinski definition) is 3. The fourth-order valence-corrected chi connectivity index (χ4v) is 1.35. The van der Waals surface area contributed by atoms with Gasteiger partial charge in [-0.25, -0.2) is 0 Å². The van der Waals surface area contributed by atoms with Crippen molar-refractivity contribution in [3.63, 3.8) is 0 Å². The lowest BCUT2D eigenvalue weighted by molar-refractivity contribution is -0.171. The zero-order chi connectivity index (χ0) is 10.1. The van der Waals surface area contributed by atoms with Crippen molar-refractivity contribution in [2.24, 2.45) is 5.41 Å². The Labute approximate surface area is 79.8 Å². The van der Waals surface area contributed by atoms with Gasteiger partial charge in [0, 0.05) is 13.1 Å². The lowest BCUT2D eigenvalue weighted by Crippen LogP contribution is -2.59. The van der Waals surface area contributed by atoms with Crippen molar-refractivity contribution < 1.29 is 9.53 Å². The van der Waals surface area contributed by atoms with Gasteiger partial charge in [-0.3, -0.25) is 4.79 Å². The normalized spacial score (nSPS) is 20.6. The molecule has 1 heterocycles. The smallest absolute Gasteiger partial charge is 0.315 e. The van der Waals surface area contributed by atoms with Crippen LogP contribution in [0.15, 0.2) is 0 Å². The lowest BCUT2D eigenvalue weighted by atomic mass is 9.79. The van der Waals surface area contributed by atoms with E-state index < -0.39 is 0 Å². The topological polar surface area (TPSA) is 38.3 Å². The van der Waals surface area contributed by atoms with Gasteiger partial charge in [-0.05, 0) is 27.2 Å². The highest BCUT2D eigenvalue weighted by Gasteiger charge is 2.45. The molecule has 3 nitrogen and oxygen atoms in total. The highest BCUT2D eigenvalue weighted by atomic mass is 16.6. The summed E-state index contributed by atoms with van der Waals surface area (Å²) in [5.74, 6) is -0.0544. The van der Waals surface area contributed by atoms with Crippen molar-refractivity contribution in [1.29, 1.82) is 0 Å². The summed E-state index contributed by atoms with van der Waals surface area (Å²) in [5, 5.41) is 3.12. The fourth-order valence-electron chi connectivity index (χ4n) is 1.35. The van der Waals surface area contributed by atoms with Crippen LogP contribution in [0.4, 0.5) is 0 Å². The number of ether oxygens (including phenoxy) is 1. The molecule has 0 aromatic rings. The van der Waals surface area contributed by atoms with Gasteiger partial charge in [0.15, 0.2) is 0 Å². The monoisotopic (exact) mass is 185 g/mol. The van der Waals surface area contributed by atoms with Crippen LogP contribution < -0.4 is 5.32 Å². The molecule has 3 heteroatoms. The van der Waals surface area contributed by atoms with E-state index in [1.807, 2.05) is 27.7 Å². The number of nitrogens with one attached hydrogen (secondary N) is 1. The van der Waals surface area contributed by atoms with E-state index in [4.69, 9.17) is 4.74 Å². The molecule has 0 radical (unpaired) electrons. The highest BCUT2D eigenvalue weighted by Crippen LogP contribution is 2.30. The predicted molar refractivity (Wildman–Crippen MR) is 51.4 cm³/mol. The second-order valence-corrected chi connectivity index (χ2v) is 4.74. The molecule has 0 atom stereocenters. The molecule has 0 aromatic carbocycles. The molecule has 0 saturated carbocycles. The van der Waals surface area contributed by atoms with Crippen LogP contribution >= 0.6 is 0 Å². The third-order valence-electron chi connectivity index (χ3n) is 2.44. The van der Waals surface area contributed by atoms with Crippen LogP contribution in [0.5, 0.6) is 0 Å². The first-order valence-corrected chi connectivity index (χ1v) is 4.84. The molecule has 1 N–H and O–H groups in total. The summed E-state index contributed by atoms with van der Waals surface area (Å²) in [4.78, 5) is 11.7. The fraction of sp³-hybridized carbons (Fsp3) is 0.900. The Morgan fingerprint density at radius 3 is 2.23 bits per heavy atom. The van der Waals surface area contributed by atoms with Crippen LogP contribution in [0.2, 0.25) is 0 Å². The SMILES string of the molecule is CCC1(C(=O)OC(C)(C)C)CNC1. The second-order valence-electron chi connectivity index (χ2n) is 4.74. The molecule has 1 rings (SSSR count). The van der Waals surface area contributed by atoms with Gasteiger partial charge in [-0.1, -0.05) is 6.92 Å². The first-order valence-electron chi connectivity index (χ1n) is 4.84. The van der Waals surface area contributed by atoms with Gasteiger partial charge < -0.3 is 10.1 Å². The quantitative estimate of drug-likeness (QED) is 0.659. The van der Waals surface area contributed by atoms with Crippen LogP contribution in [-0.2, 0) is 9.53 Å². The van der Waals surface area contributed by atoms with Gasteiger partial charge in [-0.2, -0.15) is 0 Å². The van der Waals surface area contributed by atoms with Gasteiger partial charge >= 0.3 is 5.97 Å². The third kappa shape index (κ3) is 2.21. The first-order chi connectivity index (χ1) is 5.90. The molecule has 76 valence electrons. The molecular weight excluding hydrogens is 166 g/mol. The van der Waals surface area contributed by atoms with Crippen LogP contribution in [0.1, 0.15) is 34.1 Å². The summed E-state index contributed by atoms with van der Waals surface area (Å²) in [6.07, 6.45) is 0.856.